The Morgan fingerprint density at radius 3 is 2.07 bits per heavy atom. The van der Waals surface area contributed by atoms with Gasteiger partial charge in [-0.05, 0) is 11.4 Å². The van der Waals surface area contributed by atoms with Crippen LogP contribution in [-0.4, -0.2) is 64.4 Å². The zero-order valence-corrected chi connectivity index (χ0v) is 16.4. The number of morpholine rings is 2. The molecule has 2 atom stereocenters. The first-order valence-electron chi connectivity index (χ1n) is 9.82. The van der Waals surface area contributed by atoms with E-state index in [0.717, 1.165) is 58.2 Å². The largest absolute Gasteiger partial charge is 0.370 e. The molecule has 6 heteroatoms. The molecule has 0 unspecified atom stereocenters. The predicted molar refractivity (Wildman–Crippen MR) is 105 cm³/mol. The Balaban J connectivity index is 1.72. The van der Waals surface area contributed by atoms with Gasteiger partial charge in [0.25, 0.3) is 0 Å². The van der Waals surface area contributed by atoms with Crippen molar-refractivity contribution in [2.45, 2.75) is 12.1 Å². The average Bonchev–Trinajstić information content (AvgIpc) is 3.28. The van der Waals surface area contributed by atoms with Crippen molar-refractivity contribution in [1.82, 2.24) is 0 Å². The highest BCUT2D eigenvalue weighted by Gasteiger charge is 2.46. The van der Waals surface area contributed by atoms with Crippen LogP contribution in [0.2, 0.25) is 0 Å². The van der Waals surface area contributed by atoms with Crippen LogP contribution in [0.1, 0.15) is 21.3 Å². The number of thiophene rings is 1. The quantitative estimate of drug-likeness (QED) is 0.678. The Morgan fingerprint density at radius 1 is 0.852 bits per heavy atom. The molecule has 2 saturated heterocycles. The Bertz CT molecular complexity index is 710. The molecule has 0 aliphatic carbocycles. The van der Waals surface area contributed by atoms with E-state index in [4.69, 9.17) is 9.47 Å². The number of ether oxygens (including phenoxy) is 2. The molecule has 4 rings (SSSR count). The van der Waals surface area contributed by atoms with Crippen LogP contribution in [0, 0.1) is 0 Å². The number of carbonyl (C=O) groups excluding carboxylic acids is 1. The number of Topliss-reactive ketones (excluding diaryl/α,β-unsaturated/α-hetero) is 1. The van der Waals surface area contributed by atoms with Gasteiger partial charge in [-0.3, -0.25) is 4.79 Å². The standard InChI is InChI=1S/C21H26N2O3S/c24-21(17-5-2-1-3-6-17)20(23-10-14-26-15-11-23)19(18-7-4-16-27-18)22-8-12-25-13-9-22/h1-7,16,19-20H,8-15H2/p+2/t19-,20+/m1/s1. The van der Waals surface area contributed by atoms with Gasteiger partial charge in [0.2, 0.25) is 11.8 Å². The summed E-state index contributed by atoms with van der Waals surface area (Å²) < 4.78 is 11.2. The zero-order valence-electron chi connectivity index (χ0n) is 15.6. The first-order chi connectivity index (χ1) is 13.3. The lowest BCUT2D eigenvalue weighted by molar-refractivity contribution is -0.998. The predicted octanol–water partition coefficient (Wildman–Crippen LogP) is -0.129. The molecule has 2 N–H and O–H groups in total. The van der Waals surface area contributed by atoms with E-state index in [2.05, 4.69) is 17.5 Å². The SMILES string of the molecule is O=C(c1ccccc1)[C@H]([C@@H](c1cccs1)[NH+]1CCOCC1)[NH+]1CCOCC1. The molecular weight excluding hydrogens is 360 g/mol. The molecule has 0 bridgehead atoms. The molecule has 2 aliphatic rings. The number of rotatable bonds is 6. The van der Waals surface area contributed by atoms with E-state index in [1.807, 2.05) is 30.3 Å². The van der Waals surface area contributed by atoms with Gasteiger partial charge < -0.3 is 19.3 Å². The summed E-state index contributed by atoms with van der Waals surface area (Å²) in [4.78, 5) is 17.9. The van der Waals surface area contributed by atoms with Gasteiger partial charge in [0.05, 0.1) is 31.3 Å². The summed E-state index contributed by atoms with van der Waals surface area (Å²) in [6.45, 7) is 6.65. The first-order valence-corrected chi connectivity index (χ1v) is 10.7. The molecule has 144 valence electrons. The van der Waals surface area contributed by atoms with Gasteiger partial charge in [0.1, 0.15) is 26.2 Å². The number of carbonyl (C=O) groups is 1. The lowest BCUT2D eigenvalue weighted by Crippen LogP contribution is -3.25. The van der Waals surface area contributed by atoms with E-state index < -0.39 is 0 Å². The summed E-state index contributed by atoms with van der Waals surface area (Å²) in [5.41, 5.74) is 0.815. The van der Waals surface area contributed by atoms with Crippen molar-refractivity contribution in [2.24, 2.45) is 0 Å². The lowest BCUT2D eigenvalue weighted by Gasteiger charge is -2.39. The maximum Gasteiger partial charge on any atom is 0.226 e. The van der Waals surface area contributed by atoms with Crippen molar-refractivity contribution < 1.29 is 24.1 Å². The number of benzene rings is 1. The molecule has 0 spiro atoms. The number of ketones is 1. The smallest absolute Gasteiger partial charge is 0.226 e. The summed E-state index contributed by atoms with van der Waals surface area (Å²) >= 11 is 1.77. The molecule has 1 aromatic carbocycles. The number of nitrogens with one attached hydrogen (secondary N) is 2. The maximum atomic E-state index is 13.7. The van der Waals surface area contributed by atoms with E-state index >= 15 is 0 Å². The maximum absolute atomic E-state index is 13.7. The van der Waals surface area contributed by atoms with Crippen LogP contribution in [0.4, 0.5) is 0 Å². The number of hydrogen-bond donors (Lipinski definition) is 2. The van der Waals surface area contributed by atoms with Gasteiger partial charge in [0.15, 0.2) is 6.04 Å². The monoisotopic (exact) mass is 388 g/mol. The molecule has 1 aromatic heterocycles. The average molecular weight is 389 g/mol. The molecule has 3 heterocycles. The summed E-state index contributed by atoms with van der Waals surface area (Å²) in [6.07, 6.45) is 0. The van der Waals surface area contributed by atoms with Crippen LogP contribution in [0.25, 0.3) is 0 Å². The highest BCUT2D eigenvalue weighted by Crippen LogP contribution is 2.21. The molecule has 0 saturated carbocycles. The summed E-state index contributed by atoms with van der Waals surface area (Å²) in [5, 5.41) is 2.13. The van der Waals surface area contributed by atoms with Crippen LogP contribution in [-0.2, 0) is 9.47 Å². The van der Waals surface area contributed by atoms with Crippen molar-refractivity contribution in [2.75, 3.05) is 52.6 Å². The summed E-state index contributed by atoms with van der Waals surface area (Å²) in [5.74, 6) is 0.255. The van der Waals surface area contributed by atoms with E-state index in [0.29, 0.717) is 0 Å². The van der Waals surface area contributed by atoms with Crippen molar-refractivity contribution in [1.29, 1.82) is 0 Å². The highest BCUT2D eigenvalue weighted by atomic mass is 32.1. The number of quaternary nitrogens is 2. The third-order valence-electron chi connectivity index (χ3n) is 5.67. The molecule has 0 radical (unpaired) electrons. The molecule has 2 aliphatic heterocycles. The second kappa shape index (κ2) is 9.08. The van der Waals surface area contributed by atoms with Crippen molar-refractivity contribution in [3.63, 3.8) is 0 Å². The highest BCUT2D eigenvalue weighted by molar-refractivity contribution is 7.10. The molecule has 27 heavy (non-hydrogen) atoms. The Hall–Kier alpha value is -1.57. The van der Waals surface area contributed by atoms with E-state index in [1.165, 1.54) is 14.7 Å². The normalized spacial score (nSPS) is 21.6. The lowest BCUT2D eigenvalue weighted by atomic mass is 9.93. The first kappa shape index (κ1) is 18.8. The van der Waals surface area contributed by atoms with Gasteiger partial charge in [-0.1, -0.05) is 36.4 Å². The molecule has 2 fully saturated rings. The number of hydrogen-bond acceptors (Lipinski definition) is 4. The fourth-order valence-electron chi connectivity index (χ4n) is 4.31. The Labute approximate surface area is 164 Å². The van der Waals surface area contributed by atoms with Gasteiger partial charge in [-0.2, -0.15) is 0 Å². The van der Waals surface area contributed by atoms with Crippen LogP contribution in [0.15, 0.2) is 47.8 Å². The van der Waals surface area contributed by atoms with Gasteiger partial charge in [-0.25, -0.2) is 0 Å². The molecule has 5 nitrogen and oxygen atoms in total. The third kappa shape index (κ3) is 4.31. The van der Waals surface area contributed by atoms with Gasteiger partial charge in [-0.15, -0.1) is 11.3 Å². The van der Waals surface area contributed by atoms with Gasteiger partial charge >= 0.3 is 0 Å². The van der Waals surface area contributed by atoms with E-state index in [-0.39, 0.29) is 17.9 Å². The van der Waals surface area contributed by atoms with Crippen LogP contribution in [0.3, 0.4) is 0 Å². The fraction of sp³-hybridized carbons (Fsp3) is 0.476. The topological polar surface area (TPSA) is 44.4 Å². The fourth-order valence-corrected chi connectivity index (χ4v) is 5.23. The molecular formula is C21H28N2O3S+2. The second-order valence-corrected chi connectivity index (χ2v) is 8.22. The minimum atomic E-state index is -0.0944. The van der Waals surface area contributed by atoms with E-state index in [9.17, 15) is 4.79 Å². The summed E-state index contributed by atoms with van der Waals surface area (Å²) in [7, 11) is 0. The third-order valence-corrected chi connectivity index (χ3v) is 6.63. The minimum absolute atomic E-state index is 0.0944. The van der Waals surface area contributed by atoms with Crippen molar-refractivity contribution in [3.05, 3.63) is 58.3 Å². The Kier molecular flexibility index (Phi) is 6.32. The molecule has 2 aromatic rings. The van der Waals surface area contributed by atoms with Crippen molar-refractivity contribution >= 4 is 17.1 Å². The van der Waals surface area contributed by atoms with Crippen LogP contribution in [0.5, 0.6) is 0 Å². The van der Waals surface area contributed by atoms with Crippen LogP contribution >= 0.6 is 11.3 Å². The Morgan fingerprint density at radius 2 is 1.48 bits per heavy atom. The van der Waals surface area contributed by atoms with Crippen molar-refractivity contribution in [3.8, 4) is 0 Å². The van der Waals surface area contributed by atoms with Gasteiger partial charge in [0, 0.05) is 5.56 Å². The van der Waals surface area contributed by atoms with E-state index in [1.54, 1.807) is 11.3 Å². The van der Waals surface area contributed by atoms with Crippen LogP contribution < -0.4 is 9.80 Å². The minimum Gasteiger partial charge on any atom is -0.370 e. The zero-order chi connectivity index (χ0) is 18.5. The molecule has 0 amide bonds. The second-order valence-electron chi connectivity index (χ2n) is 7.24. The summed E-state index contributed by atoms with van der Waals surface area (Å²) in [6, 6.07) is 14.2.